The van der Waals surface area contributed by atoms with Gasteiger partial charge in [-0.3, -0.25) is 15.1 Å². The Kier molecular flexibility index (Phi) is 3.93. The number of nitrogens with two attached hydrogens (primary N) is 1. The van der Waals surface area contributed by atoms with Crippen molar-refractivity contribution in [3.8, 4) is 0 Å². The Bertz CT molecular complexity index is 539. The van der Waals surface area contributed by atoms with Crippen molar-refractivity contribution in [3.63, 3.8) is 0 Å². The third kappa shape index (κ3) is 3.16. The van der Waals surface area contributed by atoms with Gasteiger partial charge in [0.15, 0.2) is 0 Å². The van der Waals surface area contributed by atoms with Gasteiger partial charge in [-0.1, -0.05) is 0 Å². The van der Waals surface area contributed by atoms with Crippen LogP contribution in [0, 0.1) is 5.41 Å². The van der Waals surface area contributed by atoms with Gasteiger partial charge in [-0.2, -0.15) is 13.2 Å². The molecule has 3 N–H and O–H groups in total. The summed E-state index contributed by atoms with van der Waals surface area (Å²) >= 11 is 0. The van der Waals surface area contributed by atoms with Crippen molar-refractivity contribution < 1.29 is 18.0 Å². The van der Waals surface area contributed by atoms with E-state index in [-0.39, 0.29) is 24.8 Å². The predicted molar refractivity (Wildman–Crippen MR) is 66.4 cm³/mol. The molecule has 0 aromatic carbocycles. The van der Waals surface area contributed by atoms with E-state index in [1.165, 1.54) is 0 Å². The molecule has 0 atom stereocenters. The second-order valence-electron chi connectivity index (χ2n) is 5.66. The smallest absolute Gasteiger partial charge is 0.305 e. The third-order valence-corrected chi connectivity index (χ3v) is 3.45. The first kappa shape index (κ1) is 15.7. The van der Waals surface area contributed by atoms with E-state index < -0.39 is 17.4 Å². The number of carbonyl (C=O) groups is 1. The van der Waals surface area contributed by atoms with Crippen LogP contribution in [0.25, 0.3) is 0 Å². The fraction of sp³-hybridized carbons (Fsp3) is 0.727. The number of hydrazine groups is 1. The largest absolute Gasteiger partial charge is 0.451 e. The standard InChI is InChI=1S/C11H17F3N6O/c1-10(2,9(21)16-15)6-19-3-4-20-7(5-19)17-18-8(20)11(12,13)14/h3-6,15H2,1-2H3,(H,16,21). The van der Waals surface area contributed by atoms with Crippen LogP contribution in [0.5, 0.6) is 0 Å². The zero-order valence-corrected chi connectivity index (χ0v) is 11.7. The van der Waals surface area contributed by atoms with Gasteiger partial charge in [-0.15, -0.1) is 10.2 Å². The van der Waals surface area contributed by atoms with Gasteiger partial charge >= 0.3 is 6.18 Å². The van der Waals surface area contributed by atoms with Crippen LogP contribution >= 0.6 is 0 Å². The Morgan fingerprint density at radius 3 is 2.57 bits per heavy atom. The highest BCUT2D eigenvalue weighted by Crippen LogP contribution is 2.30. The number of rotatable bonds is 3. The molecule has 2 heterocycles. The van der Waals surface area contributed by atoms with Crippen molar-refractivity contribution in [2.75, 3.05) is 13.1 Å². The summed E-state index contributed by atoms with van der Waals surface area (Å²) in [4.78, 5) is 13.5. The zero-order valence-electron chi connectivity index (χ0n) is 11.7. The molecule has 0 bridgehead atoms. The van der Waals surface area contributed by atoms with Crippen molar-refractivity contribution in [2.45, 2.75) is 33.1 Å². The molecule has 0 spiro atoms. The molecule has 7 nitrogen and oxygen atoms in total. The first-order valence-electron chi connectivity index (χ1n) is 6.38. The minimum Gasteiger partial charge on any atom is -0.305 e. The highest BCUT2D eigenvalue weighted by molar-refractivity contribution is 5.81. The summed E-state index contributed by atoms with van der Waals surface area (Å²) in [7, 11) is 0. The number of fused-ring (bicyclic) bond motifs is 1. The van der Waals surface area contributed by atoms with E-state index in [0.29, 0.717) is 13.1 Å². The van der Waals surface area contributed by atoms with Crippen LogP contribution in [-0.2, 0) is 24.1 Å². The normalized spacial score (nSPS) is 16.7. The van der Waals surface area contributed by atoms with Gasteiger partial charge in [0.05, 0.1) is 12.0 Å². The van der Waals surface area contributed by atoms with E-state index in [1.807, 2.05) is 4.90 Å². The van der Waals surface area contributed by atoms with E-state index in [2.05, 4.69) is 15.6 Å². The Hall–Kier alpha value is -1.68. The Morgan fingerprint density at radius 2 is 2.00 bits per heavy atom. The lowest BCUT2D eigenvalue weighted by Crippen LogP contribution is -2.48. The quantitative estimate of drug-likeness (QED) is 0.471. The van der Waals surface area contributed by atoms with Gasteiger partial charge in [0.2, 0.25) is 11.7 Å². The highest BCUT2D eigenvalue weighted by Gasteiger charge is 2.40. The maximum absolute atomic E-state index is 12.7. The molecule has 118 valence electrons. The van der Waals surface area contributed by atoms with Gasteiger partial charge in [-0.05, 0) is 13.8 Å². The van der Waals surface area contributed by atoms with Gasteiger partial charge < -0.3 is 4.57 Å². The number of hydrogen-bond donors (Lipinski definition) is 2. The van der Waals surface area contributed by atoms with E-state index in [4.69, 9.17) is 5.84 Å². The molecule has 0 saturated heterocycles. The maximum Gasteiger partial charge on any atom is 0.451 e. The first-order chi connectivity index (χ1) is 9.65. The average molecular weight is 306 g/mol. The summed E-state index contributed by atoms with van der Waals surface area (Å²) in [5, 5.41) is 6.81. The lowest BCUT2D eigenvalue weighted by Gasteiger charge is -2.33. The first-order valence-corrected chi connectivity index (χ1v) is 6.38. The molecular weight excluding hydrogens is 289 g/mol. The van der Waals surface area contributed by atoms with E-state index in [1.54, 1.807) is 13.8 Å². The Morgan fingerprint density at radius 1 is 1.33 bits per heavy atom. The lowest BCUT2D eigenvalue weighted by atomic mass is 9.91. The molecule has 0 saturated carbocycles. The molecule has 1 aromatic heterocycles. The van der Waals surface area contributed by atoms with Crippen LogP contribution in [-0.4, -0.2) is 38.7 Å². The summed E-state index contributed by atoms with van der Waals surface area (Å²) in [5.41, 5.74) is 1.34. The maximum atomic E-state index is 12.7. The van der Waals surface area contributed by atoms with E-state index in [9.17, 15) is 18.0 Å². The van der Waals surface area contributed by atoms with Crippen molar-refractivity contribution in [2.24, 2.45) is 11.3 Å². The molecule has 1 amide bonds. The van der Waals surface area contributed by atoms with Gasteiger partial charge in [0.25, 0.3) is 0 Å². The fourth-order valence-electron chi connectivity index (χ4n) is 2.38. The molecule has 0 fully saturated rings. The molecule has 1 aliphatic rings. The van der Waals surface area contributed by atoms with Crippen molar-refractivity contribution in [1.82, 2.24) is 25.1 Å². The number of aromatic nitrogens is 3. The highest BCUT2D eigenvalue weighted by atomic mass is 19.4. The summed E-state index contributed by atoms with van der Waals surface area (Å²) in [6, 6.07) is 0. The Balaban J connectivity index is 2.11. The second-order valence-corrected chi connectivity index (χ2v) is 5.66. The average Bonchev–Trinajstić information content (AvgIpc) is 2.80. The fourth-order valence-corrected chi connectivity index (χ4v) is 2.38. The summed E-state index contributed by atoms with van der Waals surface area (Å²) in [6.45, 7) is 4.53. The minimum absolute atomic E-state index is 0.136. The number of hydrogen-bond acceptors (Lipinski definition) is 5. The van der Waals surface area contributed by atoms with Gasteiger partial charge in [-0.25, -0.2) is 5.84 Å². The molecule has 10 heteroatoms. The van der Waals surface area contributed by atoms with Crippen LogP contribution < -0.4 is 11.3 Å². The number of nitrogens with zero attached hydrogens (tertiary/aromatic N) is 4. The molecular formula is C11H17F3N6O. The summed E-state index contributed by atoms with van der Waals surface area (Å²) < 4.78 is 39.3. The topological polar surface area (TPSA) is 89.1 Å². The summed E-state index contributed by atoms with van der Waals surface area (Å²) in [6.07, 6.45) is -4.51. The zero-order chi connectivity index (χ0) is 15.8. The number of carbonyl (C=O) groups excluding carboxylic acids is 1. The number of alkyl halides is 3. The molecule has 0 aliphatic carbocycles. The molecule has 0 unspecified atom stereocenters. The SMILES string of the molecule is CC(C)(CN1CCn2c(nnc2C(F)(F)F)C1)C(=O)NN. The van der Waals surface area contributed by atoms with Crippen LogP contribution in [0.4, 0.5) is 13.2 Å². The lowest BCUT2D eigenvalue weighted by molar-refractivity contribution is -0.148. The number of halogens is 3. The van der Waals surface area contributed by atoms with Crippen LogP contribution in [0.1, 0.15) is 25.5 Å². The molecule has 1 aliphatic heterocycles. The number of nitrogens with one attached hydrogen (secondary N) is 1. The monoisotopic (exact) mass is 306 g/mol. The molecule has 0 radical (unpaired) electrons. The van der Waals surface area contributed by atoms with Crippen LogP contribution in [0.15, 0.2) is 0 Å². The molecule has 2 rings (SSSR count). The third-order valence-electron chi connectivity index (χ3n) is 3.45. The van der Waals surface area contributed by atoms with Crippen LogP contribution in [0.3, 0.4) is 0 Å². The Labute approximate surface area is 119 Å². The number of amides is 1. The van der Waals surface area contributed by atoms with Gasteiger partial charge in [0, 0.05) is 19.6 Å². The second kappa shape index (κ2) is 5.26. The van der Waals surface area contributed by atoms with Crippen molar-refractivity contribution >= 4 is 5.91 Å². The van der Waals surface area contributed by atoms with Crippen LogP contribution in [0.2, 0.25) is 0 Å². The van der Waals surface area contributed by atoms with Gasteiger partial charge in [0.1, 0.15) is 5.82 Å². The predicted octanol–water partition coefficient (Wildman–Crippen LogP) is 0.129. The summed E-state index contributed by atoms with van der Waals surface area (Å²) in [5.74, 6) is 4.07. The van der Waals surface area contributed by atoms with Crippen molar-refractivity contribution in [3.05, 3.63) is 11.6 Å². The molecule has 21 heavy (non-hydrogen) atoms. The van der Waals surface area contributed by atoms with Crippen molar-refractivity contribution in [1.29, 1.82) is 0 Å². The van der Waals surface area contributed by atoms with E-state index in [0.717, 1.165) is 4.57 Å². The molecule has 1 aromatic rings. The minimum atomic E-state index is -4.51. The van der Waals surface area contributed by atoms with E-state index >= 15 is 0 Å².